The average Bonchev–Trinajstić information content (AvgIpc) is 2.19. The van der Waals surface area contributed by atoms with Gasteiger partial charge in [-0.15, -0.1) is 11.8 Å². The van der Waals surface area contributed by atoms with Crippen LogP contribution in [0.2, 0.25) is 0 Å². The van der Waals surface area contributed by atoms with E-state index in [-0.39, 0.29) is 17.3 Å². The minimum Gasteiger partial charge on any atom is -0.504 e. The number of benzene rings is 1. The molecule has 0 spiro atoms. The lowest BCUT2D eigenvalue weighted by Crippen LogP contribution is -2.32. The zero-order chi connectivity index (χ0) is 11.4. The van der Waals surface area contributed by atoms with E-state index in [1.54, 1.807) is 12.1 Å². The predicted octanol–water partition coefficient (Wildman–Crippen LogP) is 0.602. The third kappa shape index (κ3) is 3.03. The van der Waals surface area contributed by atoms with E-state index in [0.29, 0.717) is 4.90 Å². The smallest absolute Gasteiger partial charge is 0.321 e. The summed E-state index contributed by atoms with van der Waals surface area (Å²) < 4.78 is 0. The van der Waals surface area contributed by atoms with Gasteiger partial charge in [0.1, 0.15) is 6.04 Å². The highest BCUT2D eigenvalue weighted by molar-refractivity contribution is 7.99. The third-order valence-electron chi connectivity index (χ3n) is 1.71. The number of hydrogen-bond acceptors (Lipinski definition) is 5. The van der Waals surface area contributed by atoms with Gasteiger partial charge in [0.25, 0.3) is 0 Å². The highest BCUT2D eigenvalue weighted by Crippen LogP contribution is 2.35. The lowest BCUT2D eigenvalue weighted by atomic mass is 10.3. The minimum atomic E-state index is -1.10. The Bertz CT molecular complexity index is 369. The van der Waals surface area contributed by atoms with Crippen LogP contribution in [0.4, 0.5) is 0 Å². The summed E-state index contributed by atoms with van der Waals surface area (Å²) in [7, 11) is 0. The second-order valence-corrected chi connectivity index (χ2v) is 3.94. The summed E-state index contributed by atoms with van der Waals surface area (Å²) in [4.78, 5) is 10.8. The predicted molar refractivity (Wildman–Crippen MR) is 56.1 cm³/mol. The number of carboxylic acid groups (broad SMARTS) is 1. The number of rotatable bonds is 4. The van der Waals surface area contributed by atoms with Crippen LogP contribution in [0.15, 0.2) is 23.1 Å². The Hall–Kier alpha value is -1.40. The molecule has 0 heterocycles. The molecule has 0 saturated carbocycles. The summed E-state index contributed by atoms with van der Waals surface area (Å²) >= 11 is 1.08. The SMILES string of the molecule is NC(CSc1cccc(O)c1O)C(=O)O. The summed E-state index contributed by atoms with van der Waals surface area (Å²) in [5.74, 6) is -1.45. The lowest BCUT2D eigenvalue weighted by Gasteiger charge is -2.07. The lowest BCUT2D eigenvalue weighted by molar-refractivity contribution is -0.137. The molecule has 0 aliphatic heterocycles. The molecule has 6 heteroatoms. The first kappa shape index (κ1) is 11.7. The molecule has 0 bridgehead atoms. The quantitative estimate of drug-likeness (QED) is 0.445. The zero-order valence-corrected chi connectivity index (χ0v) is 8.57. The van der Waals surface area contributed by atoms with Crippen LogP contribution in [-0.2, 0) is 4.79 Å². The first-order valence-electron chi connectivity index (χ1n) is 4.14. The first-order valence-corrected chi connectivity index (χ1v) is 5.13. The van der Waals surface area contributed by atoms with E-state index in [2.05, 4.69) is 0 Å². The molecule has 5 nitrogen and oxygen atoms in total. The molecule has 1 rings (SSSR count). The minimum absolute atomic E-state index is 0.131. The van der Waals surface area contributed by atoms with E-state index < -0.39 is 12.0 Å². The normalized spacial score (nSPS) is 12.3. The van der Waals surface area contributed by atoms with Gasteiger partial charge in [0, 0.05) is 5.75 Å². The van der Waals surface area contributed by atoms with Gasteiger partial charge in [0.05, 0.1) is 4.90 Å². The second kappa shape index (κ2) is 4.90. The second-order valence-electron chi connectivity index (χ2n) is 2.88. The molecule has 1 atom stereocenters. The van der Waals surface area contributed by atoms with Gasteiger partial charge in [-0.1, -0.05) is 6.07 Å². The van der Waals surface area contributed by atoms with E-state index in [0.717, 1.165) is 11.8 Å². The van der Waals surface area contributed by atoms with Crippen molar-refractivity contribution in [2.45, 2.75) is 10.9 Å². The molecule has 0 fully saturated rings. The first-order chi connectivity index (χ1) is 7.02. The largest absolute Gasteiger partial charge is 0.504 e. The maximum absolute atomic E-state index is 10.4. The summed E-state index contributed by atoms with van der Waals surface area (Å²) in [6.45, 7) is 0. The molecule has 82 valence electrons. The molecule has 0 radical (unpaired) electrons. The van der Waals surface area contributed by atoms with Crippen molar-refractivity contribution in [3.8, 4) is 11.5 Å². The van der Waals surface area contributed by atoms with Crippen molar-refractivity contribution < 1.29 is 20.1 Å². The monoisotopic (exact) mass is 229 g/mol. The van der Waals surface area contributed by atoms with Crippen molar-refractivity contribution in [3.63, 3.8) is 0 Å². The van der Waals surface area contributed by atoms with Crippen molar-refractivity contribution in [2.75, 3.05) is 5.75 Å². The van der Waals surface area contributed by atoms with Crippen LogP contribution in [0.1, 0.15) is 0 Å². The number of carbonyl (C=O) groups is 1. The number of aliphatic carboxylic acids is 1. The van der Waals surface area contributed by atoms with Crippen LogP contribution in [-0.4, -0.2) is 33.1 Å². The maximum atomic E-state index is 10.4. The molecule has 1 unspecified atom stereocenters. The van der Waals surface area contributed by atoms with Crippen molar-refractivity contribution in [2.24, 2.45) is 5.73 Å². The van der Waals surface area contributed by atoms with E-state index in [1.807, 2.05) is 0 Å². The van der Waals surface area contributed by atoms with Gasteiger partial charge in [-0.25, -0.2) is 0 Å². The van der Waals surface area contributed by atoms with E-state index in [9.17, 15) is 9.90 Å². The molecular weight excluding hydrogens is 218 g/mol. The van der Waals surface area contributed by atoms with Gasteiger partial charge < -0.3 is 21.1 Å². The van der Waals surface area contributed by atoms with Crippen LogP contribution < -0.4 is 5.73 Å². The number of aromatic hydroxyl groups is 2. The van der Waals surface area contributed by atoms with Crippen molar-refractivity contribution in [1.82, 2.24) is 0 Å². The summed E-state index contributed by atoms with van der Waals surface area (Å²) in [5.41, 5.74) is 5.29. The Balaban J connectivity index is 2.66. The van der Waals surface area contributed by atoms with Crippen LogP contribution >= 0.6 is 11.8 Å². The molecule has 0 saturated heterocycles. The molecule has 0 aromatic heterocycles. The van der Waals surface area contributed by atoms with Gasteiger partial charge >= 0.3 is 5.97 Å². The van der Waals surface area contributed by atoms with Gasteiger partial charge in [0.15, 0.2) is 11.5 Å². The number of nitrogens with two attached hydrogens (primary N) is 1. The van der Waals surface area contributed by atoms with E-state index in [1.165, 1.54) is 6.07 Å². The summed E-state index contributed by atoms with van der Waals surface area (Å²) in [6.07, 6.45) is 0. The van der Waals surface area contributed by atoms with Gasteiger partial charge in [0.2, 0.25) is 0 Å². The molecule has 0 aliphatic rings. The Morgan fingerprint density at radius 3 is 2.73 bits per heavy atom. The fourth-order valence-corrected chi connectivity index (χ4v) is 1.80. The molecule has 0 aliphatic carbocycles. The number of carboxylic acids is 1. The van der Waals surface area contributed by atoms with Gasteiger partial charge in [-0.2, -0.15) is 0 Å². The highest BCUT2D eigenvalue weighted by atomic mass is 32.2. The Morgan fingerprint density at radius 2 is 2.13 bits per heavy atom. The van der Waals surface area contributed by atoms with E-state index in [4.69, 9.17) is 15.9 Å². The highest BCUT2D eigenvalue weighted by Gasteiger charge is 2.13. The Morgan fingerprint density at radius 1 is 1.47 bits per heavy atom. The Labute approximate surface area is 90.5 Å². The van der Waals surface area contributed by atoms with Crippen LogP contribution in [0.25, 0.3) is 0 Å². The van der Waals surface area contributed by atoms with Crippen LogP contribution in [0, 0.1) is 0 Å². The topological polar surface area (TPSA) is 104 Å². The molecule has 0 amide bonds. The zero-order valence-electron chi connectivity index (χ0n) is 7.75. The Kier molecular flexibility index (Phi) is 3.81. The number of thioether (sulfide) groups is 1. The van der Waals surface area contributed by atoms with Crippen molar-refractivity contribution >= 4 is 17.7 Å². The summed E-state index contributed by atoms with van der Waals surface area (Å²) in [6, 6.07) is 3.49. The maximum Gasteiger partial charge on any atom is 0.321 e. The van der Waals surface area contributed by atoms with Crippen LogP contribution in [0.3, 0.4) is 0 Å². The van der Waals surface area contributed by atoms with Crippen molar-refractivity contribution in [3.05, 3.63) is 18.2 Å². The molecular formula is C9H11NO4S. The third-order valence-corrected chi connectivity index (χ3v) is 2.88. The van der Waals surface area contributed by atoms with E-state index >= 15 is 0 Å². The molecule has 5 N–H and O–H groups in total. The average molecular weight is 229 g/mol. The number of phenols is 2. The molecule has 1 aromatic rings. The van der Waals surface area contributed by atoms with Gasteiger partial charge in [-0.3, -0.25) is 4.79 Å². The molecule has 15 heavy (non-hydrogen) atoms. The van der Waals surface area contributed by atoms with Gasteiger partial charge in [-0.05, 0) is 12.1 Å². The van der Waals surface area contributed by atoms with Crippen molar-refractivity contribution in [1.29, 1.82) is 0 Å². The fraction of sp³-hybridized carbons (Fsp3) is 0.222. The standard InChI is InChI=1S/C9H11NO4S/c10-5(9(13)14)4-15-7-3-1-2-6(11)8(7)12/h1-3,5,11-12H,4,10H2,(H,13,14). The number of para-hydroxylation sites is 1. The number of hydrogen-bond donors (Lipinski definition) is 4. The molecule has 1 aromatic carbocycles. The fourth-order valence-electron chi connectivity index (χ4n) is 0.878. The summed E-state index contributed by atoms with van der Waals surface area (Å²) in [5, 5.41) is 27.1. The van der Waals surface area contributed by atoms with Crippen LogP contribution in [0.5, 0.6) is 11.5 Å². The number of phenolic OH excluding ortho intramolecular Hbond substituents is 2.